The predicted octanol–water partition coefficient (Wildman–Crippen LogP) is -0.331. The van der Waals surface area contributed by atoms with Gasteiger partial charge in [-0.1, -0.05) is 0 Å². The van der Waals surface area contributed by atoms with E-state index in [4.69, 9.17) is 5.73 Å². The largest absolute Gasteiger partial charge is 0.345 e. The number of rotatable bonds is 0. The third-order valence-corrected chi connectivity index (χ3v) is 1.89. The van der Waals surface area contributed by atoms with Gasteiger partial charge < -0.3 is 0 Å². The van der Waals surface area contributed by atoms with E-state index in [0.29, 0.717) is 0 Å². The van der Waals surface area contributed by atoms with E-state index in [-0.39, 0.29) is 0 Å². The highest BCUT2D eigenvalue weighted by Gasteiger charge is 2.19. The second-order valence-corrected chi connectivity index (χ2v) is 2.95. The van der Waals surface area contributed by atoms with Crippen LogP contribution in [0.3, 0.4) is 0 Å². The minimum Gasteiger partial charge on any atom is -0.291 e. The van der Waals surface area contributed by atoms with Crippen molar-refractivity contribution in [2.24, 2.45) is 5.73 Å². The maximum absolute atomic E-state index is 5.79. The Morgan fingerprint density at radius 2 is 1.80 bits per heavy atom. The van der Waals surface area contributed by atoms with Crippen LogP contribution >= 0.6 is 0 Å². The molecule has 1 saturated heterocycles. The van der Waals surface area contributed by atoms with Gasteiger partial charge in [-0.25, -0.2) is 0 Å². The average molecular weight is 142 g/mol. The van der Waals surface area contributed by atoms with Gasteiger partial charge in [-0.3, -0.25) is 15.2 Å². The molecule has 0 aromatic rings. The van der Waals surface area contributed by atoms with E-state index in [1.807, 2.05) is 18.7 Å². The lowest BCUT2D eigenvalue weighted by Gasteiger charge is -2.10. The van der Waals surface area contributed by atoms with Gasteiger partial charge >= 0.3 is 5.96 Å². The Hall–Kier alpha value is -0.730. The number of guanidine groups is 1. The molecular formula is C7H16N3+. The molecule has 0 spiro atoms. The molecule has 0 unspecified atom stereocenters. The molecule has 1 heterocycles. The number of nitrogens with zero attached hydrogens (tertiary/aromatic N) is 2. The normalized spacial score (nSPS) is 17.6. The first-order valence-electron chi connectivity index (χ1n) is 3.76. The lowest BCUT2D eigenvalue weighted by atomic mass is 10.4. The topological polar surface area (TPSA) is 32.3 Å². The summed E-state index contributed by atoms with van der Waals surface area (Å²) in [6, 6.07) is 0. The van der Waals surface area contributed by atoms with Gasteiger partial charge in [-0.05, 0) is 12.8 Å². The second-order valence-electron chi connectivity index (χ2n) is 2.95. The van der Waals surface area contributed by atoms with Gasteiger partial charge in [0.05, 0.1) is 27.2 Å². The quantitative estimate of drug-likeness (QED) is 0.285. The number of nitrogens with two attached hydrogens (primary N) is 1. The first kappa shape index (κ1) is 7.38. The molecule has 0 atom stereocenters. The van der Waals surface area contributed by atoms with Crippen LogP contribution in [0.4, 0.5) is 0 Å². The highest BCUT2D eigenvalue weighted by Crippen LogP contribution is 2.05. The zero-order chi connectivity index (χ0) is 7.56. The monoisotopic (exact) mass is 142 g/mol. The van der Waals surface area contributed by atoms with E-state index in [2.05, 4.69) is 4.90 Å². The van der Waals surface area contributed by atoms with E-state index in [1.54, 1.807) is 0 Å². The third kappa shape index (κ3) is 1.40. The van der Waals surface area contributed by atoms with Crippen LogP contribution in [0.1, 0.15) is 12.8 Å². The fourth-order valence-electron chi connectivity index (χ4n) is 1.23. The van der Waals surface area contributed by atoms with Gasteiger partial charge in [0.25, 0.3) is 0 Å². The summed E-state index contributed by atoms with van der Waals surface area (Å²) in [6.07, 6.45) is 2.57. The predicted molar refractivity (Wildman–Crippen MR) is 42.1 cm³/mol. The van der Waals surface area contributed by atoms with Gasteiger partial charge in [0, 0.05) is 0 Å². The van der Waals surface area contributed by atoms with Crippen LogP contribution in [0.15, 0.2) is 0 Å². The van der Waals surface area contributed by atoms with Crippen molar-refractivity contribution in [3.63, 3.8) is 0 Å². The average Bonchev–Trinajstić information content (AvgIpc) is 2.36. The van der Waals surface area contributed by atoms with E-state index < -0.39 is 0 Å². The zero-order valence-corrected chi connectivity index (χ0v) is 6.80. The summed E-state index contributed by atoms with van der Waals surface area (Å²) in [4.78, 5) is 2.22. The smallest absolute Gasteiger partial charge is 0.291 e. The summed E-state index contributed by atoms with van der Waals surface area (Å²) in [6.45, 7) is 2.26. The highest BCUT2D eigenvalue weighted by molar-refractivity contribution is 5.73. The lowest BCUT2D eigenvalue weighted by molar-refractivity contribution is -0.471. The number of hydrogen-bond acceptors (Lipinski definition) is 0. The van der Waals surface area contributed by atoms with E-state index in [1.165, 1.54) is 12.8 Å². The fraction of sp³-hybridized carbons (Fsp3) is 0.857. The van der Waals surface area contributed by atoms with Crippen LogP contribution in [0, 0.1) is 0 Å². The molecule has 0 radical (unpaired) electrons. The Morgan fingerprint density at radius 3 is 2.20 bits per heavy atom. The Labute approximate surface area is 62.1 Å². The molecule has 1 fully saturated rings. The molecule has 0 aromatic carbocycles. The van der Waals surface area contributed by atoms with Crippen molar-refractivity contribution in [2.75, 3.05) is 27.2 Å². The van der Waals surface area contributed by atoms with Crippen molar-refractivity contribution >= 4 is 5.96 Å². The zero-order valence-electron chi connectivity index (χ0n) is 6.80. The van der Waals surface area contributed by atoms with Crippen LogP contribution in [-0.2, 0) is 0 Å². The van der Waals surface area contributed by atoms with Gasteiger partial charge in [0.15, 0.2) is 0 Å². The molecule has 1 aliphatic heterocycles. The Bertz CT molecular complexity index is 141. The summed E-state index contributed by atoms with van der Waals surface area (Å²) < 4.78 is 1.96. The molecule has 0 aliphatic carbocycles. The molecule has 1 aliphatic rings. The minimum atomic E-state index is 0.900. The molecule has 0 amide bonds. The fourth-order valence-corrected chi connectivity index (χ4v) is 1.23. The van der Waals surface area contributed by atoms with Crippen molar-refractivity contribution in [1.29, 1.82) is 0 Å². The Morgan fingerprint density at radius 1 is 1.30 bits per heavy atom. The standard InChI is InChI=1S/C7H15N3/c1-9(2)7(8)10-5-3-4-6-10/h8H,3-6H2,1-2H3/p+1. The van der Waals surface area contributed by atoms with Gasteiger partial charge in [-0.15, -0.1) is 0 Å². The number of likely N-dealkylation sites (tertiary alicyclic amines) is 1. The SMILES string of the molecule is C[N+](C)=C(N)N1CCCC1. The summed E-state index contributed by atoms with van der Waals surface area (Å²) in [5.41, 5.74) is 5.79. The Kier molecular flexibility index (Phi) is 2.14. The molecule has 0 aromatic heterocycles. The first-order chi connectivity index (χ1) is 4.72. The summed E-state index contributed by atoms with van der Waals surface area (Å²) in [7, 11) is 3.96. The second kappa shape index (κ2) is 2.90. The van der Waals surface area contributed by atoms with Crippen LogP contribution in [0.25, 0.3) is 0 Å². The molecule has 58 valence electrons. The van der Waals surface area contributed by atoms with Gasteiger partial charge in [-0.2, -0.15) is 0 Å². The Balaban J connectivity index is 2.56. The first-order valence-corrected chi connectivity index (χ1v) is 3.76. The van der Waals surface area contributed by atoms with Crippen LogP contribution < -0.4 is 5.73 Å². The third-order valence-electron chi connectivity index (χ3n) is 1.89. The van der Waals surface area contributed by atoms with Crippen molar-refractivity contribution in [1.82, 2.24) is 4.90 Å². The molecule has 0 saturated carbocycles. The lowest BCUT2D eigenvalue weighted by Crippen LogP contribution is -2.40. The van der Waals surface area contributed by atoms with Crippen LogP contribution in [0.5, 0.6) is 0 Å². The summed E-state index contributed by atoms with van der Waals surface area (Å²) >= 11 is 0. The van der Waals surface area contributed by atoms with E-state index >= 15 is 0 Å². The van der Waals surface area contributed by atoms with Gasteiger partial charge in [0.2, 0.25) is 0 Å². The van der Waals surface area contributed by atoms with Crippen LogP contribution in [0.2, 0.25) is 0 Å². The van der Waals surface area contributed by atoms with Crippen molar-refractivity contribution in [3.05, 3.63) is 0 Å². The number of hydrogen-bond donors (Lipinski definition) is 1. The maximum atomic E-state index is 5.79. The van der Waals surface area contributed by atoms with Crippen molar-refractivity contribution < 1.29 is 4.58 Å². The molecule has 3 nitrogen and oxygen atoms in total. The van der Waals surface area contributed by atoms with Crippen LogP contribution in [-0.4, -0.2) is 42.6 Å². The molecule has 2 N–H and O–H groups in total. The van der Waals surface area contributed by atoms with E-state index in [0.717, 1.165) is 19.0 Å². The maximum Gasteiger partial charge on any atom is 0.345 e. The molecular weight excluding hydrogens is 126 g/mol. The highest BCUT2D eigenvalue weighted by atomic mass is 15.3. The molecule has 3 heteroatoms. The van der Waals surface area contributed by atoms with Crippen molar-refractivity contribution in [3.8, 4) is 0 Å². The van der Waals surface area contributed by atoms with Gasteiger partial charge in [0.1, 0.15) is 0 Å². The molecule has 1 rings (SSSR count). The van der Waals surface area contributed by atoms with Crippen molar-refractivity contribution in [2.45, 2.75) is 12.8 Å². The molecule has 0 bridgehead atoms. The summed E-state index contributed by atoms with van der Waals surface area (Å²) in [5, 5.41) is 0. The summed E-state index contributed by atoms with van der Waals surface area (Å²) in [5.74, 6) is 0.900. The van der Waals surface area contributed by atoms with E-state index in [9.17, 15) is 0 Å². The minimum absolute atomic E-state index is 0.900. The molecule has 10 heavy (non-hydrogen) atoms.